The quantitative estimate of drug-likeness (QED) is 0.0773. The van der Waals surface area contributed by atoms with Crippen LogP contribution < -0.4 is 15.5 Å². The van der Waals surface area contributed by atoms with Crippen molar-refractivity contribution in [2.24, 2.45) is 0 Å². The summed E-state index contributed by atoms with van der Waals surface area (Å²) in [5, 5.41) is 13.2. The first-order valence-electron chi connectivity index (χ1n) is 12.4. The molecule has 6 nitrogen and oxygen atoms in total. The van der Waals surface area contributed by atoms with Crippen LogP contribution in [0.25, 0.3) is 17.0 Å². The number of hydroxylamine groups is 1. The van der Waals surface area contributed by atoms with Gasteiger partial charge in [0.2, 0.25) is 0 Å². The van der Waals surface area contributed by atoms with Gasteiger partial charge in [0.25, 0.3) is 5.91 Å². The van der Waals surface area contributed by atoms with Gasteiger partial charge in [-0.25, -0.2) is 5.48 Å². The normalized spacial score (nSPS) is 11.7. The number of aromatic amines is 1. The molecule has 0 radical (unpaired) electrons. The van der Waals surface area contributed by atoms with Gasteiger partial charge < -0.3 is 15.0 Å². The smallest absolute Gasteiger partial charge is 0.267 e. The largest absolute Gasteiger partial charge is 0.490 e. The fourth-order valence-corrected chi connectivity index (χ4v) is 3.84. The third kappa shape index (κ3) is 8.87. The van der Waals surface area contributed by atoms with Crippen LogP contribution in [-0.4, -0.2) is 29.3 Å². The molecule has 0 saturated heterocycles. The molecular formula is C30H37N3O3. The zero-order valence-electron chi connectivity index (χ0n) is 21.4. The van der Waals surface area contributed by atoms with Gasteiger partial charge in [0.05, 0.1) is 0 Å². The molecule has 0 aliphatic rings. The summed E-state index contributed by atoms with van der Waals surface area (Å²) in [6.07, 6.45) is 12.5. The molecule has 0 bridgehead atoms. The van der Waals surface area contributed by atoms with Crippen molar-refractivity contribution in [3.63, 3.8) is 0 Å². The Bertz CT molecular complexity index is 1220. The monoisotopic (exact) mass is 487 g/mol. The molecule has 190 valence electrons. The number of fused-ring (bicyclic) bond motifs is 1. The van der Waals surface area contributed by atoms with Crippen molar-refractivity contribution in [2.45, 2.75) is 46.6 Å². The van der Waals surface area contributed by atoms with Crippen molar-refractivity contribution >= 4 is 22.9 Å². The molecule has 0 atom stereocenters. The zero-order chi connectivity index (χ0) is 25.8. The highest BCUT2D eigenvalue weighted by atomic mass is 16.5. The van der Waals surface area contributed by atoms with E-state index in [2.05, 4.69) is 61.6 Å². The minimum absolute atomic E-state index is 0.547. The first kappa shape index (κ1) is 27.0. The Morgan fingerprint density at radius 1 is 1.08 bits per heavy atom. The van der Waals surface area contributed by atoms with Crippen LogP contribution in [0.15, 0.2) is 78.0 Å². The molecule has 1 amide bonds. The summed E-state index contributed by atoms with van der Waals surface area (Å²) in [6, 6.07) is 14.2. The van der Waals surface area contributed by atoms with Gasteiger partial charge in [-0.05, 0) is 93.6 Å². The van der Waals surface area contributed by atoms with E-state index in [1.165, 1.54) is 28.2 Å². The number of H-pyrrole nitrogens is 1. The second-order valence-electron chi connectivity index (χ2n) is 9.18. The van der Waals surface area contributed by atoms with Crippen LogP contribution in [-0.2, 0) is 17.8 Å². The first-order valence-corrected chi connectivity index (χ1v) is 12.4. The summed E-state index contributed by atoms with van der Waals surface area (Å²) in [5.41, 5.74) is 8.73. The van der Waals surface area contributed by atoms with Crippen molar-refractivity contribution in [3.8, 4) is 5.75 Å². The summed E-state index contributed by atoms with van der Waals surface area (Å²) in [6.45, 7) is 8.62. The fraction of sp³-hybridized carbons (Fsp3) is 0.300. The number of amides is 1. The number of allylic oxidation sites excluding steroid dienone is 3. The van der Waals surface area contributed by atoms with E-state index < -0.39 is 5.91 Å². The van der Waals surface area contributed by atoms with Crippen LogP contribution in [0.3, 0.4) is 0 Å². The Hall–Kier alpha value is -3.61. The van der Waals surface area contributed by atoms with E-state index in [9.17, 15) is 4.79 Å². The number of ether oxygens (including phenoxy) is 1. The zero-order valence-corrected chi connectivity index (χ0v) is 21.4. The van der Waals surface area contributed by atoms with E-state index in [0.29, 0.717) is 6.61 Å². The van der Waals surface area contributed by atoms with Crippen LogP contribution in [0.5, 0.6) is 5.75 Å². The molecule has 6 heteroatoms. The minimum atomic E-state index is -0.547. The number of nitrogens with one attached hydrogen (secondary N) is 3. The highest BCUT2D eigenvalue weighted by Gasteiger charge is 2.06. The molecule has 2 aromatic carbocycles. The van der Waals surface area contributed by atoms with E-state index in [1.54, 1.807) is 11.6 Å². The maximum Gasteiger partial charge on any atom is 0.267 e. The lowest BCUT2D eigenvalue weighted by Gasteiger charge is -2.07. The lowest BCUT2D eigenvalue weighted by atomic mass is 10.1. The van der Waals surface area contributed by atoms with Crippen molar-refractivity contribution in [1.29, 1.82) is 0 Å². The van der Waals surface area contributed by atoms with E-state index in [0.717, 1.165) is 54.7 Å². The summed E-state index contributed by atoms with van der Waals surface area (Å²) >= 11 is 0. The molecule has 3 aromatic rings. The molecule has 0 fully saturated rings. The predicted octanol–water partition coefficient (Wildman–Crippen LogP) is 6.09. The molecule has 0 aliphatic heterocycles. The number of hydrogen-bond acceptors (Lipinski definition) is 4. The number of benzene rings is 2. The van der Waals surface area contributed by atoms with Gasteiger partial charge in [0, 0.05) is 29.7 Å². The fourth-order valence-electron chi connectivity index (χ4n) is 3.84. The maximum atomic E-state index is 11.1. The van der Waals surface area contributed by atoms with Gasteiger partial charge in [-0.1, -0.05) is 41.5 Å². The summed E-state index contributed by atoms with van der Waals surface area (Å²) in [4.78, 5) is 14.4. The maximum absolute atomic E-state index is 11.1. The van der Waals surface area contributed by atoms with E-state index in [4.69, 9.17) is 9.94 Å². The average molecular weight is 488 g/mol. The minimum Gasteiger partial charge on any atom is -0.490 e. The Balaban J connectivity index is 1.47. The van der Waals surface area contributed by atoms with Crippen molar-refractivity contribution in [1.82, 2.24) is 15.8 Å². The van der Waals surface area contributed by atoms with Gasteiger partial charge in [-0.2, -0.15) is 0 Å². The number of hydrogen-bond donors (Lipinski definition) is 4. The van der Waals surface area contributed by atoms with E-state index in [-0.39, 0.29) is 0 Å². The van der Waals surface area contributed by atoms with Crippen molar-refractivity contribution in [2.75, 3.05) is 13.2 Å². The second-order valence-corrected chi connectivity index (χ2v) is 9.18. The molecule has 0 spiro atoms. The van der Waals surface area contributed by atoms with Crippen molar-refractivity contribution in [3.05, 3.63) is 94.7 Å². The van der Waals surface area contributed by atoms with Gasteiger partial charge in [-0.3, -0.25) is 10.0 Å². The third-order valence-corrected chi connectivity index (χ3v) is 5.93. The van der Waals surface area contributed by atoms with E-state index >= 15 is 0 Å². The summed E-state index contributed by atoms with van der Waals surface area (Å²) < 4.78 is 6.01. The topological polar surface area (TPSA) is 86.4 Å². The molecule has 1 heterocycles. The standard InChI is InChI=1S/C30H37N3O3/c1-22(2)5-4-6-23(3)16-18-36-27-12-13-29-28(19-27)26(21-32-29)15-17-31-20-25-9-7-24(8-10-25)11-14-30(34)33-35/h5,7-14,16,19,21,31-32,35H,4,6,15,17-18,20H2,1-3H3,(H,33,34)/b14-11+,23-16+. The van der Waals surface area contributed by atoms with Gasteiger partial charge in [0.1, 0.15) is 12.4 Å². The molecule has 4 N–H and O–H groups in total. The number of rotatable bonds is 13. The molecule has 3 rings (SSSR count). The summed E-state index contributed by atoms with van der Waals surface area (Å²) in [5.74, 6) is 0.338. The highest BCUT2D eigenvalue weighted by molar-refractivity contribution is 5.90. The molecule has 0 aliphatic carbocycles. The van der Waals surface area contributed by atoms with Gasteiger partial charge in [0.15, 0.2) is 0 Å². The lowest BCUT2D eigenvalue weighted by Crippen LogP contribution is -2.16. The van der Waals surface area contributed by atoms with Crippen LogP contribution >= 0.6 is 0 Å². The van der Waals surface area contributed by atoms with E-state index in [1.807, 2.05) is 30.3 Å². The Morgan fingerprint density at radius 3 is 2.64 bits per heavy atom. The number of carbonyl (C=O) groups is 1. The van der Waals surface area contributed by atoms with Crippen LogP contribution in [0.1, 0.15) is 50.3 Å². The third-order valence-electron chi connectivity index (χ3n) is 5.93. The van der Waals surface area contributed by atoms with Crippen LogP contribution in [0.4, 0.5) is 0 Å². The highest BCUT2D eigenvalue weighted by Crippen LogP contribution is 2.24. The van der Waals surface area contributed by atoms with Crippen LogP contribution in [0, 0.1) is 0 Å². The molecule has 0 saturated carbocycles. The first-order chi connectivity index (χ1) is 17.4. The SMILES string of the molecule is CC(C)=CCC/C(C)=C/COc1ccc2[nH]cc(CCNCc3ccc(/C=C/C(=O)NO)cc3)c2c1. The lowest BCUT2D eigenvalue weighted by molar-refractivity contribution is -0.124. The van der Waals surface area contributed by atoms with Gasteiger partial charge >= 0.3 is 0 Å². The number of aromatic nitrogens is 1. The Kier molecular flexibility index (Phi) is 10.5. The summed E-state index contributed by atoms with van der Waals surface area (Å²) in [7, 11) is 0. The van der Waals surface area contributed by atoms with Crippen LogP contribution in [0.2, 0.25) is 0 Å². The molecule has 1 aromatic heterocycles. The van der Waals surface area contributed by atoms with Gasteiger partial charge in [-0.15, -0.1) is 0 Å². The number of carbonyl (C=O) groups excluding carboxylic acids is 1. The van der Waals surface area contributed by atoms with Crippen molar-refractivity contribution < 1.29 is 14.7 Å². The molecule has 0 unspecified atom stereocenters. The second kappa shape index (κ2) is 14.1. The molecular weight excluding hydrogens is 450 g/mol. The Labute approximate surface area is 213 Å². The predicted molar refractivity (Wildman–Crippen MR) is 147 cm³/mol. The molecule has 36 heavy (non-hydrogen) atoms. The Morgan fingerprint density at radius 2 is 1.89 bits per heavy atom. The average Bonchev–Trinajstić information content (AvgIpc) is 3.27.